The highest BCUT2D eigenvalue weighted by Crippen LogP contribution is 2.18. The Kier molecular flexibility index (Phi) is 2.41. The van der Waals surface area contributed by atoms with Gasteiger partial charge in [0.15, 0.2) is 11.4 Å². The number of benzene rings is 1. The van der Waals surface area contributed by atoms with E-state index in [1.165, 1.54) is 6.92 Å². The van der Waals surface area contributed by atoms with Crippen LogP contribution in [0.2, 0.25) is 0 Å². The highest BCUT2D eigenvalue weighted by atomic mass is 16.4. The van der Waals surface area contributed by atoms with Gasteiger partial charge in [0.1, 0.15) is 5.52 Å². The Bertz CT molecular complexity index is 457. The molecular weight excluding hydrogens is 192 g/mol. The summed E-state index contributed by atoms with van der Waals surface area (Å²) < 4.78 is 5.41. The Balaban J connectivity index is 2.26. The minimum Gasteiger partial charge on any atom is -0.424 e. The number of nitrogens with one attached hydrogen (secondary N) is 1. The van der Waals surface area contributed by atoms with Crippen molar-refractivity contribution in [1.82, 2.24) is 4.98 Å². The molecule has 4 heteroatoms. The SMILES string of the molecule is CC(=O)C(C)Nc1nc2ccccc2o1. The molecule has 2 aromatic rings. The second kappa shape index (κ2) is 3.73. The molecule has 0 amide bonds. The number of anilines is 1. The van der Waals surface area contributed by atoms with Crippen molar-refractivity contribution in [2.75, 3.05) is 5.32 Å². The number of oxazole rings is 1. The predicted octanol–water partition coefficient (Wildman–Crippen LogP) is 2.22. The molecule has 1 aromatic heterocycles. The van der Waals surface area contributed by atoms with Crippen LogP contribution in [-0.4, -0.2) is 16.8 Å². The number of nitrogens with zero attached hydrogens (tertiary/aromatic N) is 1. The lowest BCUT2D eigenvalue weighted by molar-refractivity contribution is -0.117. The monoisotopic (exact) mass is 204 g/mol. The Morgan fingerprint density at radius 1 is 1.47 bits per heavy atom. The van der Waals surface area contributed by atoms with Crippen LogP contribution in [0.4, 0.5) is 6.01 Å². The maximum atomic E-state index is 11.0. The second-order valence-electron chi connectivity index (χ2n) is 3.46. The summed E-state index contributed by atoms with van der Waals surface area (Å²) in [7, 11) is 0. The fourth-order valence-corrected chi connectivity index (χ4v) is 1.22. The summed E-state index contributed by atoms with van der Waals surface area (Å²) >= 11 is 0. The van der Waals surface area contributed by atoms with Gasteiger partial charge < -0.3 is 9.73 Å². The van der Waals surface area contributed by atoms with E-state index >= 15 is 0 Å². The van der Waals surface area contributed by atoms with E-state index in [4.69, 9.17) is 4.42 Å². The summed E-state index contributed by atoms with van der Waals surface area (Å²) in [6.07, 6.45) is 0. The van der Waals surface area contributed by atoms with Crippen molar-refractivity contribution in [2.24, 2.45) is 0 Å². The molecule has 1 aromatic carbocycles. The summed E-state index contributed by atoms with van der Waals surface area (Å²) in [4.78, 5) is 15.2. The number of aromatic nitrogens is 1. The molecule has 4 nitrogen and oxygen atoms in total. The van der Waals surface area contributed by atoms with E-state index < -0.39 is 0 Å². The van der Waals surface area contributed by atoms with Crippen LogP contribution in [-0.2, 0) is 4.79 Å². The summed E-state index contributed by atoms with van der Waals surface area (Å²) in [6, 6.07) is 7.58. The lowest BCUT2D eigenvalue weighted by Crippen LogP contribution is -2.23. The maximum absolute atomic E-state index is 11.0. The van der Waals surface area contributed by atoms with Crippen LogP contribution in [0.3, 0.4) is 0 Å². The van der Waals surface area contributed by atoms with Crippen molar-refractivity contribution in [1.29, 1.82) is 0 Å². The molecule has 1 unspecified atom stereocenters. The van der Waals surface area contributed by atoms with Crippen molar-refractivity contribution in [3.8, 4) is 0 Å². The van der Waals surface area contributed by atoms with E-state index in [1.54, 1.807) is 6.92 Å². The van der Waals surface area contributed by atoms with Crippen LogP contribution >= 0.6 is 0 Å². The van der Waals surface area contributed by atoms with Crippen molar-refractivity contribution < 1.29 is 9.21 Å². The van der Waals surface area contributed by atoms with E-state index in [2.05, 4.69) is 10.3 Å². The lowest BCUT2D eigenvalue weighted by atomic mass is 10.2. The van der Waals surface area contributed by atoms with Gasteiger partial charge in [0.25, 0.3) is 6.01 Å². The summed E-state index contributed by atoms with van der Waals surface area (Å²) in [5.74, 6) is 0.0530. The summed E-state index contributed by atoms with van der Waals surface area (Å²) in [5.41, 5.74) is 1.51. The van der Waals surface area contributed by atoms with Crippen LogP contribution in [0.25, 0.3) is 11.1 Å². The molecular formula is C11H12N2O2. The zero-order valence-electron chi connectivity index (χ0n) is 8.65. The molecule has 1 atom stereocenters. The zero-order valence-corrected chi connectivity index (χ0v) is 8.65. The topological polar surface area (TPSA) is 55.1 Å². The van der Waals surface area contributed by atoms with Gasteiger partial charge in [-0.15, -0.1) is 0 Å². The van der Waals surface area contributed by atoms with Crippen LogP contribution < -0.4 is 5.32 Å². The fraction of sp³-hybridized carbons (Fsp3) is 0.273. The molecule has 78 valence electrons. The number of Topliss-reactive ketones (excluding diaryl/α,β-unsaturated/α-hetero) is 1. The molecule has 0 bridgehead atoms. The minimum atomic E-state index is -0.280. The van der Waals surface area contributed by atoms with Gasteiger partial charge in [0.2, 0.25) is 0 Å². The molecule has 1 N–H and O–H groups in total. The first-order valence-corrected chi connectivity index (χ1v) is 4.79. The Morgan fingerprint density at radius 2 is 2.20 bits per heavy atom. The van der Waals surface area contributed by atoms with Crippen LogP contribution in [0.5, 0.6) is 0 Å². The molecule has 0 aliphatic heterocycles. The average molecular weight is 204 g/mol. The number of hydrogen-bond acceptors (Lipinski definition) is 4. The van der Waals surface area contributed by atoms with Gasteiger partial charge in [-0.1, -0.05) is 12.1 Å². The number of para-hydroxylation sites is 2. The van der Waals surface area contributed by atoms with Gasteiger partial charge >= 0.3 is 0 Å². The first-order valence-electron chi connectivity index (χ1n) is 4.79. The highest BCUT2D eigenvalue weighted by Gasteiger charge is 2.11. The Hall–Kier alpha value is -1.84. The van der Waals surface area contributed by atoms with Crippen LogP contribution in [0.15, 0.2) is 28.7 Å². The molecule has 1 heterocycles. The average Bonchev–Trinajstić information content (AvgIpc) is 2.59. The van der Waals surface area contributed by atoms with Crippen molar-refractivity contribution in [3.05, 3.63) is 24.3 Å². The van der Waals surface area contributed by atoms with Crippen LogP contribution in [0.1, 0.15) is 13.8 Å². The van der Waals surface area contributed by atoms with Gasteiger partial charge in [-0.25, -0.2) is 0 Å². The zero-order chi connectivity index (χ0) is 10.8. The molecule has 0 fully saturated rings. The van der Waals surface area contributed by atoms with E-state index in [0.29, 0.717) is 6.01 Å². The molecule has 0 saturated heterocycles. The third-order valence-corrected chi connectivity index (χ3v) is 2.24. The molecule has 0 saturated carbocycles. The Labute approximate surface area is 87.3 Å². The fourth-order valence-electron chi connectivity index (χ4n) is 1.22. The standard InChI is InChI=1S/C11H12N2O2/c1-7(8(2)14)12-11-13-9-5-3-4-6-10(9)15-11/h3-7H,1-2H3,(H,12,13). The van der Waals surface area contributed by atoms with Crippen LogP contribution in [0, 0.1) is 0 Å². The third-order valence-electron chi connectivity index (χ3n) is 2.24. The molecule has 0 radical (unpaired) electrons. The second-order valence-corrected chi connectivity index (χ2v) is 3.46. The minimum absolute atomic E-state index is 0.0530. The number of carbonyl (C=O) groups is 1. The summed E-state index contributed by atoms with van der Waals surface area (Å²) in [5, 5.41) is 2.90. The molecule has 15 heavy (non-hydrogen) atoms. The lowest BCUT2D eigenvalue weighted by Gasteiger charge is -2.06. The number of hydrogen-bond donors (Lipinski definition) is 1. The van der Waals surface area contributed by atoms with Gasteiger partial charge in [0, 0.05) is 0 Å². The first kappa shape index (κ1) is 9.71. The van der Waals surface area contributed by atoms with E-state index in [1.807, 2.05) is 24.3 Å². The quantitative estimate of drug-likeness (QED) is 0.832. The Morgan fingerprint density at radius 3 is 2.87 bits per heavy atom. The number of carbonyl (C=O) groups excluding carboxylic acids is 1. The normalized spacial score (nSPS) is 12.7. The molecule has 0 aliphatic carbocycles. The van der Waals surface area contributed by atoms with Gasteiger partial charge in [-0.3, -0.25) is 4.79 Å². The van der Waals surface area contributed by atoms with Gasteiger partial charge in [0.05, 0.1) is 6.04 Å². The van der Waals surface area contributed by atoms with E-state index in [0.717, 1.165) is 11.1 Å². The largest absolute Gasteiger partial charge is 0.424 e. The predicted molar refractivity (Wildman–Crippen MR) is 57.8 cm³/mol. The molecule has 0 spiro atoms. The molecule has 2 rings (SSSR count). The third kappa shape index (κ3) is 1.98. The summed E-state index contributed by atoms with van der Waals surface area (Å²) in [6.45, 7) is 3.30. The maximum Gasteiger partial charge on any atom is 0.296 e. The van der Waals surface area contributed by atoms with E-state index in [9.17, 15) is 4.79 Å². The number of ketones is 1. The molecule has 0 aliphatic rings. The smallest absolute Gasteiger partial charge is 0.296 e. The van der Waals surface area contributed by atoms with Crippen molar-refractivity contribution in [3.63, 3.8) is 0 Å². The number of fused-ring (bicyclic) bond motifs is 1. The first-order chi connectivity index (χ1) is 7.16. The highest BCUT2D eigenvalue weighted by molar-refractivity contribution is 5.83. The van der Waals surface area contributed by atoms with E-state index in [-0.39, 0.29) is 11.8 Å². The van der Waals surface area contributed by atoms with Gasteiger partial charge in [-0.05, 0) is 26.0 Å². The van der Waals surface area contributed by atoms with Gasteiger partial charge in [-0.2, -0.15) is 4.98 Å². The van der Waals surface area contributed by atoms with Crippen molar-refractivity contribution in [2.45, 2.75) is 19.9 Å². The number of rotatable bonds is 3. The van der Waals surface area contributed by atoms with Crippen molar-refractivity contribution >= 4 is 22.9 Å².